The van der Waals surface area contributed by atoms with E-state index in [-0.39, 0.29) is 29.5 Å². The average Bonchev–Trinajstić information content (AvgIpc) is 2.06. The van der Waals surface area contributed by atoms with Crippen molar-refractivity contribution in [1.82, 2.24) is 0 Å². The number of carboxylic acid groups (broad SMARTS) is 1. The van der Waals surface area contributed by atoms with Gasteiger partial charge in [-0.3, -0.25) is 9.59 Å². The largest absolute Gasteiger partial charge is 0.481 e. The minimum absolute atomic E-state index is 0.0127. The molecule has 2 atom stereocenters. The van der Waals surface area contributed by atoms with E-state index in [0.29, 0.717) is 6.42 Å². The summed E-state index contributed by atoms with van der Waals surface area (Å²) in [5.74, 6) is -0.698. The van der Waals surface area contributed by atoms with Gasteiger partial charge in [-0.2, -0.15) is 0 Å². The number of rotatable bonds is 2. The molecule has 80 valence electrons. The fraction of sp³-hybridized carbons (Fsp3) is 0.818. The predicted molar refractivity (Wildman–Crippen MR) is 52.9 cm³/mol. The van der Waals surface area contributed by atoms with Crippen molar-refractivity contribution in [2.24, 2.45) is 17.3 Å². The van der Waals surface area contributed by atoms with Gasteiger partial charge in [-0.25, -0.2) is 0 Å². The topological polar surface area (TPSA) is 54.4 Å². The molecule has 0 amide bonds. The fourth-order valence-electron chi connectivity index (χ4n) is 2.40. The molecule has 1 fully saturated rings. The molecule has 0 aromatic rings. The summed E-state index contributed by atoms with van der Waals surface area (Å²) < 4.78 is 0. The molecule has 0 aliphatic heterocycles. The third-order valence-electron chi connectivity index (χ3n) is 3.53. The number of Topliss-reactive ketones (excluding diaryl/α,β-unsaturated/α-hetero) is 1. The van der Waals surface area contributed by atoms with Gasteiger partial charge in [-0.1, -0.05) is 20.8 Å². The summed E-state index contributed by atoms with van der Waals surface area (Å²) in [6.45, 7) is 5.98. The summed E-state index contributed by atoms with van der Waals surface area (Å²) in [7, 11) is 0. The first-order valence-electron chi connectivity index (χ1n) is 5.09. The lowest BCUT2D eigenvalue weighted by Gasteiger charge is -2.41. The normalized spacial score (nSPS) is 31.5. The zero-order chi connectivity index (χ0) is 10.9. The van der Waals surface area contributed by atoms with Crippen molar-refractivity contribution >= 4 is 11.8 Å². The number of hydrogen-bond acceptors (Lipinski definition) is 2. The van der Waals surface area contributed by atoms with Gasteiger partial charge in [0.2, 0.25) is 0 Å². The second-order valence-electron chi connectivity index (χ2n) is 4.95. The van der Waals surface area contributed by atoms with Gasteiger partial charge in [-0.15, -0.1) is 0 Å². The highest BCUT2D eigenvalue weighted by Gasteiger charge is 2.41. The van der Waals surface area contributed by atoms with Crippen LogP contribution >= 0.6 is 0 Å². The third kappa shape index (κ3) is 2.14. The lowest BCUT2D eigenvalue weighted by molar-refractivity contribution is -0.142. The average molecular weight is 198 g/mol. The second-order valence-corrected chi connectivity index (χ2v) is 4.95. The summed E-state index contributed by atoms with van der Waals surface area (Å²) in [6.07, 6.45) is 1.53. The molecule has 1 rings (SSSR count). The Kier molecular flexibility index (Phi) is 2.98. The number of hydrogen-bond donors (Lipinski definition) is 1. The zero-order valence-corrected chi connectivity index (χ0v) is 9.04. The van der Waals surface area contributed by atoms with Crippen molar-refractivity contribution < 1.29 is 14.7 Å². The van der Waals surface area contributed by atoms with Crippen LogP contribution in [-0.4, -0.2) is 16.9 Å². The molecule has 1 unspecified atom stereocenters. The van der Waals surface area contributed by atoms with E-state index >= 15 is 0 Å². The van der Waals surface area contributed by atoms with Crippen molar-refractivity contribution in [2.45, 2.75) is 40.0 Å². The summed E-state index contributed by atoms with van der Waals surface area (Å²) in [6, 6.07) is 0. The summed E-state index contributed by atoms with van der Waals surface area (Å²) in [5, 5.41) is 8.79. The maximum Gasteiger partial charge on any atom is 0.303 e. The first-order valence-corrected chi connectivity index (χ1v) is 5.09. The predicted octanol–water partition coefficient (Wildman–Crippen LogP) is 2.10. The van der Waals surface area contributed by atoms with E-state index in [1.807, 2.05) is 6.92 Å². The summed E-state index contributed by atoms with van der Waals surface area (Å²) >= 11 is 0. The number of aliphatic carboxylic acids is 1. The molecule has 0 aromatic carbocycles. The van der Waals surface area contributed by atoms with Crippen LogP contribution in [0.2, 0.25) is 0 Å². The number of carbonyl (C=O) groups excluding carboxylic acids is 1. The summed E-state index contributed by atoms with van der Waals surface area (Å²) in [5.41, 5.74) is -0.0221. The molecular weight excluding hydrogens is 180 g/mol. The van der Waals surface area contributed by atoms with Gasteiger partial charge in [0.25, 0.3) is 0 Å². The molecule has 0 aromatic heterocycles. The summed E-state index contributed by atoms with van der Waals surface area (Å²) in [4.78, 5) is 22.2. The van der Waals surface area contributed by atoms with E-state index in [2.05, 4.69) is 13.8 Å². The van der Waals surface area contributed by atoms with Crippen molar-refractivity contribution in [3.63, 3.8) is 0 Å². The SMILES string of the molecule is CC1C(=O)CCC(C)(C)[C@H]1CC(=O)O. The Bertz CT molecular complexity index is 255. The molecule has 1 aliphatic rings. The van der Waals surface area contributed by atoms with Gasteiger partial charge in [0, 0.05) is 18.8 Å². The van der Waals surface area contributed by atoms with Gasteiger partial charge in [0.05, 0.1) is 0 Å². The monoisotopic (exact) mass is 198 g/mol. The minimum atomic E-state index is -0.801. The van der Waals surface area contributed by atoms with Gasteiger partial charge in [-0.05, 0) is 17.8 Å². The van der Waals surface area contributed by atoms with Crippen LogP contribution in [0.5, 0.6) is 0 Å². The maximum atomic E-state index is 11.5. The van der Waals surface area contributed by atoms with E-state index in [1.54, 1.807) is 0 Å². The third-order valence-corrected chi connectivity index (χ3v) is 3.53. The first-order chi connectivity index (χ1) is 6.34. The Morgan fingerprint density at radius 2 is 2.14 bits per heavy atom. The van der Waals surface area contributed by atoms with Crippen LogP contribution in [0, 0.1) is 17.3 Å². The number of ketones is 1. The lowest BCUT2D eigenvalue weighted by Crippen LogP contribution is -2.40. The number of carbonyl (C=O) groups is 2. The molecule has 0 saturated heterocycles. The maximum absolute atomic E-state index is 11.5. The standard InChI is InChI=1S/C11H18O3/c1-7-8(6-10(13)14)11(2,3)5-4-9(7)12/h7-8H,4-6H2,1-3H3,(H,13,14)/t7?,8-/m0/s1. The highest BCUT2D eigenvalue weighted by molar-refractivity contribution is 5.82. The van der Waals surface area contributed by atoms with E-state index < -0.39 is 5.97 Å². The minimum Gasteiger partial charge on any atom is -0.481 e. The van der Waals surface area contributed by atoms with E-state index in [0.717, 1.165) is 6.42 Å². The molecule has 0 spiro atoms. The molecule has 1 saturated carbocycles. The Morgan fingerprint density at radius 3 is 2.64 bits per heavy atom. The molecule has 0 radical (unpaired) electrons. The molecular formula is C11H18O3. The molecule has 3 heteroatoms. The van der Waals surface area contributed by atoms with Crippen molar-refractivity contribution in [1.29, 1.82) is 0 Å². The van der Waals surface area contributed by atoms with Crippen molar-refractivity contribution in [3.05, 3.63) is 0 Å². The Labute approximate surface area is 84.5 Å². The molecule has 1 N–H and O–H groups in total. The van der Waals surface area contributed by atoms with Gasteiger partial charge in [0.15, 0.2) is 0 Å². The highest BCUT2D eigenvalue weighted by atomic mass is 16.4. The van der Waals surface area contributed by atoms with Crippen LogP contribution in [0.3, 0.4) is 0 Å². The van der Waals surface area contributed by atoms with Gasteiger partial charge >= 0.3 is 5.97 Å². The van der Waals surface area contributed by atoms with Crippen molar-refractivity contribution in [2.75, 3.05) is 0 Å². The first kappa shape index (κ1) is 11.2. The smallest absolute Gasteiger partial charge is 0.303 e. The van der Waals surface area contributed by atoms with Crippen LogP contribution in [0.4, 0.5) is 0 Å². The van der Waals surface area contributed by atoms with Crippen LogP contribution < -0.4 is 0 Å². The molecule has 0 heterocycles. The Morgan fingerprint density at radius 1 is 1.57 bits per heavy atom. The van der Waals surface area contributed by atoms with Crippen molar-refractivity contribution in [3.8, 4) is 0 Å². The van der Waals surface area contributed by atoms with E-state index in [9.17, 15) is 9.59 Å². The van der Waals surface area contributed by atoms with Gasteiger partial charge in [0.1, 0.15) is 5.78 Å². The lowest BCUT2D eigenvalue weighted by atomic mass is 9.62. The fourth-order valence-corrected chi connectivity index (χ4v) is 2.40. The van der Waals surface area contributed by atoms with Crippen LogP contribution in [0.15, 0.2) is 0 Å². The Hall–Kier alpha value is -0.860. The quantitative estimate of drug-likeness (QED) is 0.739. The number of carboxylic acids is 1. The molecule has 0 bridgehead atoms. The Balaban J connectivity index is 2.82. The van der Waals surface area contributed by atoms with Crippen LogP contribution in [0.25, 0.3) is 0 Å². The van der Waals surface area contributed by atoms with Crippen LogP contribution in [0.1, 0.15) is 40.0 Å². The zero-order valence-electron chi connectivity index (χ0n) is 9.04. The van der Waals surface area contributed by atoms with Crippen LogP contribution in [-0.2, 0) is 9.59 Å². The van der Waals surface area contributed by atoms with E-state index in [1.165, 1.54) is 0 Å². The molecule has 3 nitrogen and oxygen atoms in total. The molecule has 1 aliphatic carbocycles. The molecule has 14 heavy (non-hydrogen) atoms. The van der Waals surface area contributed by atoms with Gasteiger partial charge < -0.3 is 5.11 Å². The second kappa shape index (κ2) is 3.71. The highest BCUT2D eigenvalue weighted by Crippen LogP contribution is 2.43. The van der Waals surface area contributed by atoms with E-state index in [4.69, 9.17) is 5.11 Å².